The number of benzene rings is 2. The van der Waals surface area contributed by atoms with E-state index in [1.165, 1.54) is 0 Å². The second-order valence-electron chi connectivity index (χ2n) is 8.74. The van der Waals surface area contributed by atoms with Crippen LogP contribution in [0, 0.1) is 5.92 Å². The third kappa shape index (κ3) is 8.55. The summed E-state index contributed by atoms with van der Waals surface area (Å²) in [6.45, 7) is 11.0. The van der Waals surface area contributed by atoms with E-state index < -0.39 is 0 Å². The highest BCUT2D eigenvalue weighted by Crippen LogP contribution is 2.16. The van der Waals surface area contributed by atoms with Crippen LogP contribution < -0.4 is 20.7 Å². The van der Waals surface area contributed by atoms with Crippen LogP contribution in [0.15, 0.2) is 48.5 Å². The fourth-order valence-electron chi connectivity index (χ4n) is 2.59. The molecule has 6 heteroatoms. The van der Waals surface area contributed by atoms with Crippen molar-refractivity contribution < 1.29 is 14.3 Å². The van der Waals surface area contributed by atoms with Crippen LogP contribution in [0.3, 0.4) is 0 Å². The lowest BCUT2D eigenvalue weighted by molar-refractivity contribution is -0.114. The number of hydrogen-bond acceptors (Lipinski definition) is 4. The highest BCUT2D eigenvalue weighted by Gasteiger charge is 2.15. The molecule has 0 radical (unpaired) electrons. The summed E-state index contributed by atoms with van der Waals surface area (Å²) in [7, 11) is 0. The summed E-state index contributed by atoms with van der Waals surface area (Å²) in [6, 6.07) is 14.4. The molecule has 3 N–H and O–H groups in total. The van der Waals surface area contributed by atoms with Crippen molar-refractivity contribution in [2.45, 2.75) is 46.6 Å². The van der Waals surface area contributed by atoms with E-state index in [9.17, 15) is 9.59 Å². The summed E-state index contributed by atoms with van der Waals surface area (Å²) >= 11 is 0. The average Bonchev–Trinajstić information content (AvgIpc) is 2.66. The van der Waals surface area contributed by atoms with E-state index in [1.807, 2.05) is 45.0 Å². The fraction of sp³-hybridized carbons (Fsp3) is 0.417. The lowest BCUT2D eigenvalue weighted by atomic mass is 10.1. The maximum absolute atomic E-state index is 12.2. The largest absolute Gasteiger partial charge is 0.494 e. The van der Waals surface area contributed by atoms with E-state index in [4.69, 9.17) is 4.74 Å². The Morgan fingerprint density at radius 2 is 1.53 bits per heavy atom. The summed E-state index contributed by atoms with van der Waals surface area (Å²) in [4.78, 5) is 24.3. The number of amides is 2. The van der Waals surface area contributed by atoms with Crippen LogP contribution in [0.25, 0.3) is 0 Å². The van der Waals surface area contributed by atoms with E-state index in [0.717, 1.165) is 17.9 Å². The van der Waals surface area contributed by atoms with Crippen molar-refractivity contribution in [2.24, 2.45) is 5.92 Å². The van der Waals surface area contributed by atoms with E-state index in [2.05, 4.69) is 29.8 Å². The molecule has 0 unspecified atom stereocenters. The van der Waals surface area contributed by atoms with Crippen LogP contribution in [0.1, 0.15) is 51.4 Å². The molecule has 162 valence electrons. The van der Waals surface area contributed by atoms with Gasteiger partial charge in [0, 0.05) is 22.5 Å². The van der Waals surface area contributed by atoms with Gasteiger partial charge in [0.2, 0.25) is 5.91 Å². The topological polar surface area (TPSA) is 79.5 Å². The molecular formula is C24H33N3O3. The van der Waals surface area contributed by atoms with Crippen LogP contribution >= 0.6 is 0 Å². The molecule has 6 nitrogen and oxygen atoms in total. The number of anilines is 2. The van der Waals surface area contributed by atoms with E-state index in [-0.39, 0.29) is 23.9 Å². The van der Waals surface area contributed by atoms with Crippen molar-refractivity contribution in [3.05, 3.63) is 54.1 Å². The van der Waals surface area contributed by atoms with Crippen molar-refractivity contribution in [3.63, 3.8) is 0 Å². The van der Waals surface area contributed by atoms with Crippen molar-refractivity contribution >= 4 is 23.2 Å². The Labute approximate surface area is 179 Å². The molecule has 0 aliphatic carbocycles. The number of hydrogen-bond donors (Lipinski definition) is 3. The van der Waals surface area contributed by atoms with Crippen molar-refractivity contribution in [2.75, 3.05) is 23.8 Å². The van der Waals surface area contributed by atoms with Crippen LogP contribution in [-0.2, 0) is 4.79 Å². The second-order valence-corrected chi connectivity index (χ2v) is 8.74. The Balaban J connectivity index is 1.78. The van der Waals surface area contributed by atoms with Gasteiger partial charge >= 0.3 is 0 Å². The maximum Gasteiger partial charge on any atom is 0.251 e. The molecule has 2 rings (SSSR count). The summed E-state index contributed by atoms with van der Waals surface area (Å²) in [5.41, 5.74) is 1.74. The van der Waals surface area contributed by atoms with Gasteiger partial charge in [-0.15, -0.1) is 0 Å². The minimum Gasteiger partial charge on any atom is -0.494 e. The Hall–Kier alpha value is -3.02. The van der Waals surface area contributed by atoms with E-state index in [1.54, 1.807) is 24.3 Å². The Morgan fingerprint density at radius 3 is 2.10 bits per heavy atom. The van der Waals surface area contributed by atoms with Crippen molar-refractivity contribution in [1.82, 2.24) is 5.32 Å². The minimum absolute atomic E-state index is 0.139. The van der Waals surface area contributed by atoms with Crippen LogP contribution in [0.5, 0.6) is 5.75 Å². The number of carbonyl (C=O) groups is 2. The highest BCUT2D eigenvalue weighted by molar-refractivity contribution is 5.96. The molecule has 0 saturated carbocycles. The highest BCUT2D eigenvalue weighted by atomic mass is 16.5. The van der Waals surface area contributed by atoms with Gasteiger partial charge in [0.25, 0.3) is 5.91 Å². The van der Waals surface area contributed by atoms with Crippen molar-refractivity contribution in [1.29, 1.82) is 0 Å². The predicted octanol–water partition coefficient (Wildman–Crippen LogP) is 4.69. The van der Waals surface area contributed by atoms with Crippen LogP contribution in [0.4, 0.5) is 11.4 Å². The first kappa shape index (κ1) is 23.3. The minimum atomic E-state index is -0.298. The van der Waals surface area contributed by atoms with Gasteiger partial charge in [0.05, 0.1) is 13.2 Å². The van der Waals surface area contributed by atoms with Gasteiger partial charge in [-0.05, 0) is 81.6 Å². The molecule has 2 aromatic rings. The SMILES string of the molecule is CC(C)CCOc1ccc(NCC(=O)Nc2ccc(C(=O)NC(C)(C)C)cc2)cc1. The van der Waals surface area contributed by atoms with Gasteiger partial charge in [-0.2, -0.15) is 0 Å². The third-order valence-electron chi connectivity index (χ3n) is 4.19. The molecule has 2 aromatic carbocycles. The number of carbonyl (C=O) groups excluding carboxylic acids is 2. The summed E-state index contributed by atoms with van der Waals surface area (Å²) in [5.74, 6) is 1.13. The molecule has 0 heterocycles. The summed E-state index contributed by atoms with van der Waals surface area (Å²) in [5, 5.41) is 8.82. The predicted molar refractivity (Wildman–Crippen MR) is 122 cm³/mol. The summed E-state index contributed by atoms with van der Waals surface area (Å²) in [6.07, 6.45) is 1.02. The van der Waals surface area contributed by atoms with Gasteiger partial charge in [-0.25, -0.2) is 0 Å². The smallest absolute Gasteiger partial charge is 0.251 e. The molecular weight excluding hydrogens is 378 g/mol. The Morgan fingerprint density at radius 1 is 0.933 bits per heavy atom. The first-order valence-corrected chi connectivity index (χ1v) is 10.3. The number of ether oxygens (including phenoxy) is 1. The monoisotopic (exact) mass is 411 g/mol. The zero-order valence-corrected chi connectivity index (χ0v) is 18.5. The molecule has 0 aromatic heterocycles. The van der Waals surface area contributed by atoms with Gasteiger partial charge in [-0.3, -0.25) is 9.59 Å². The van der Waals surface area contributed by atoms with Crippen LogP contribution in [0.2, 0.25) is 0 Å². The van der Waals surface area contributed by atoms with Gasteiger partial charge in [-0.1, -0.05) is 13.8 Å². The van der Waals surface area contributed by atoms with Crippen molar-refractivity contribution in [3.8, 4) is 5.75 Å². The molecule has 2 amide bonds. The molecule has 0 spiro atoms. The Bertz CT molecular complexity index is 822. The first-order valence-electron chi connectivity index (χ1n) is 10.3. The molecule has 0 aliphatic rings. The standard InChI is InChI=1S/C24H33N3O3/c1-17(2)14-15-30-21-12-10-19(11-13-21)25-16-22(28)26-20-8-6-18(7-9-20)23(29)27-24(3,4)5/h6-13,17,25H,14-16H2,1-5H3,(H,26,28)(H,27,29). The zero-order valence-electron chi connectivity index (χ0n) is 18.5. The molecule has 0 aliphatic heterocycles. The van der Waals surface area contributed by atoms with Gasteiger partial charge < -0.3 is 20.7 Å². The lowest BCUT2D eigenvalue weighted by Gasteiger charge is -2.20. The first-order chi connectivity index (χ1) is 14.1. The molecule has 0 fully saturated rings. The number of rotatable bonds is 9. The summed E-state index contributed by atoms with van der Waals surface area (Å²) < 4.78 is 5.69. The lowest BCUT2D eigenvalue weighted by Crippen LogP contribution is -2.40. The molecule has 0 atom stereocenters. The van der Waals surface area contributed by atoms with Gasteiger partial charge in [0.15, 0.2) is 0 Å². The maximum atomic E-state index is 12.2. The van der Waals surface area contributed by atoms with Crippen LogP contribution in [-0.4, -0.2) is 30.5 Å². The second kappa shape index (κ2) is 10.7. The quantitative estimate of drug-likeness (QED) is 0.559. The van der Waals surface area contributed by atoms with Gasteiger partial charge in [0.1, 0.15) is 5.75 Å². The normalized spacial score (nSPS) is 11.1. The number of nitrogens with one attached hydrogen (secondary N) is 3. The third-order valence-corrected chi connectivity index (χ3v) is 4.19. The molecule has 0 saturated heterocycles. The van der Waals surface area contributed by atoms with E-state index >= 15 is 0 Å². The zero-order chi connectivity index (χ0) is 22.1. The van der Waals surface area contributed by atoms with E-state index in [0.29, 0.717) is 23.8 Å². The Kier molecular flexibility index (Phi) is 8.27. The fourth-order valence-corrected chi connectivity index (χ4v) is 2.59. The molecule has 30 heavy (non-hydrogen) atoms. The molecule has 0 bridgehead atoms. The average molecular weight is 412 g/mol.